The Kier molecular flexibility index (Phi) is 7.46. The van der Waals surface area contributed by atoms with Gasteiger partial charge in [-0.05, 0) is 36.4 Å². The summed E-state index contributed by atoms with van der Waals surface area (Å²) in [4.78, 5) is 13.1. The molecule has 0 heterocycles. The fourth-order valence-corrected chi connectivity index (χ4v) is 3.19. The molecule has 0 radical (unpaired) electrons. The van der Waals surface area contributed by atoms with Crippen LogP contribution in [0, 0.1) is 0 Å². The first-order valence-electron chi connectivity index (χ1n) is 7.48. The van der Waals surface area contributed by atoms with Gasteiger partial charge in [-0.1, -0.05) is 15.9 Å². The Morgan fingerprint density at radius 1 is 1.12 bits per heavy atom. The normalized spacial score (nSPS) is 10.3. The summed E-state index contributed by atoms with van der Waals surface area (Å²) in [5.74, 6) is 2.21. The lowest BCUT2D eigenvalue weighted by molar-refractivity contribution is -0.120. The Labute approximate surface area is 155 Å². The number of rotatable bonds is 8. The molecule has 2 aromatic rings. The first-order chi connectivity index (χ1) is 11.6. The van der Waals surface area contributed by atoms with Gasteiger partial charge in [-0.3, -0.25) is 4.79 Å². The smallest absolute Gasteiger partial charge is 0.221 e. The van der Waals surface area contributed by atoms with Crippen LogP contribution in [0.1, 0.15) is 12.0 Å². The van der Waals surface area contributed by atoms with E-state index in [9.17, 15) is 4.79 Å². The molecule has 2 aromatic carbocycles. The number of halogens is 1. The summed E-state index contributed by atoms with van der Waals surface area (Å²) in [7, 11) is 3.22. The molecule has 1 amide bonds. The Hall–Kier alpha value is -1.66. The molecule has 0 aliphatic heterocycles. The minimum Gasteiger partial charge on any atom is -0.497 e. The quantitative estimate of drug-likeness (QED) is 0.661. The van der Waals surface area contributed by atoms with E-state index in [1.807, 2.05) is 42.5 Å². The second-order valence-corrected chi connectivity index (χ2v) is 7.09. The summed E-state index contributed by atoms with van der Waals surface area (Å²) in [6.45, 7) is 0.439. The van der Waals surface area contributed by atoms with Crippen molar-refractivity contribution >= 4 is 33.6 Å². The predicted molar refractivity (Wildman–Crippen MR) is 101 cm³/mol. The van der Waals surface area contributed by atoms with E-state index in [0.717, 1.165) is 26.4 Å². The van der Waals surface area contributed by atoms with Crippen LogP contribution in [-0.4, -0.2) is 25.9 Å². The van der Waals surface area contributed by atoms with E-state index in [0.29, 0.717) is 18.7 Å². The van der Waals surface area contributed by atoms with Crippen molar-refractivity contribution in [1.29, 1.82) is 0 Å². The molecule has 0 unspecified atom stereocenters. The van der Waals surface area contributed by atoms with Gasteiger partial charge in [-0.15, -0.1) is 11.8 Å². The average molecular weight is 410 g/mol. The number of thioether (sulfide) groups is 1. The second kappa shape index (κ2) is 9.59. The molecule has 0 saturated carbocycles. The first-order valence-corrected chi connectivity index (χ1v) is 9.26. The van der Waals surface area contributed by atoms with Gasteiger partial charge in [-0.25, -0.2) is 0 Å². The number of amides is 1. The van der Waals surface area contributed by atoms with Gasteiger partial charge in [0, 0.05) is 39.7 Å². The first kappa shape index (κ1) is 18.7. The van der Waals surface area contributed by atoms with Gasteiger partial charge in [0.15, 0.2) is 0 Å². The summed E-state index contributed by atoms with van der Waals surface area (Å²) >= 11 is 5.08. The highest BCUT2D eigenvalue weighted by Gasteiger charge is 2.07. The van der Waals surface area contributed by atoms with Crippen molar-refractivity contribution in [3.05, 3.63) is 52.5 Å². The minimum absolute atomic E-state index is 0.0254. The maximum atomic E-state index is 12.0. The molecule has 0 aliphatic carbocycles. The minimum atomic E-state index is 0.0254. The van der Waals surface area contributed by atoms with Crippen LogP contribution in [0.4, 0.5) is 0 Å². The maximum Gasteiger partial charge on any atom is 0.221 e. The molecule has 0 bridgehead atoms. The molecule has 0 spiro atoms. The van der Waals surface area contributed by atoms with E-state index < -0.39 is 0 Å². The molecule has 0 aromatic heterocycles. The number of benzene rings is 2. The van der Waals surface area contributed by atoms with Gasteiger partial charge < -0.3 is 14.8 Å². The van der Waals surface area contributed by atoms with Crippen molar-refractivity contribution in [1.82, 2.24) is 5.32 Å². The zero-order valence-electron chi connectivity index (χ0n) is 13.7. The van der Waals surface area contributed by atoms with Crippen LogP contribution < -0.4 is 14.8 Å². The molecule has 24 heavy (non-hydrogen) atoms. The molecule has 128 valence electrons. The molecule has 1 N–H and O–H groups in total. The predicted octanol–water partition coefficient (Wildman–Crippen LogP) is 4.26. The maximum absolute atomic E-state index is 12.0. The zero-order chi connectivity index (χ0) is 17.4. The fraction of sp³-hybridized carbons (Fsp3) is 0.278. The van der Waals surface area contributed by atoms with Gasteiger partial charge in [0.25, 0.3) is 0 Å². The van der Waals surface area contributed by atoms with Gasteiger partial charge in [0.2, 0.25) is 5.91 Å². The van der Waals surface area contributed by atoms with Crippen LogP contribution in [0.3, 0.4) is 0 Å². The summed E-state index contributed by atoms with van der Waals surface area (Å²) in [5.41, 5.74) is 0.923. The third-order valence-corrected chi connectivity index (χ3v) is 4.92. The van der Waals surface area contributed by atoms with Crippen LogP contribution in [0.5, 0.6) is 11.5 Å². The van der Waals surface area contributed by atoms with Crippen LogP contribution in [0.2, 0.25) is 0 Å². The number of nitrogens with one attached hydrogen (secondary N) is 1. The third kappa shape index (κ3) is 5.76. The number of methoxy groups -OCH3 is 2. The summed E-state index contributed by atoms with van der Waals surface area (Å²) in [6.07, 6.45) is 0.471. The number of hydrogen-bond acceptors (Lipinski definition) is 4. The Morgan fingerprint density at radius 3 is 2.54 bits per heavy atom. The third-order valence-electron chi connectivity index (χ3n) is 3.38. The van der Waals surface area contributed by atoms with E-state index in [4.69, 9.17) is 9.47 Å². The van der Waals surface area contributed by atoms with Crippen LogP contribution in [0.25, 0.3) is 0 Å². The van der Waals surface area contributed by atoms with Crippen molar-refractivity contribution in [2.45, 2.75) is 17.9 Å². The molecule has 0 aliphatic rings. The summed E-state index contributed by atoms with van der Waals surface area (Å²) in [6, 6.07) is 13.6. The molecule has 6 heteroatoms. The molecule has 0 saturated heterocycles. The van der Waals surface area contributed by atoms with Crippen molar-refractivity contribution in [2.75, 3.05) is 20.0 Å². The van der Waals surface area contributed by atoms with E-state index in [2.05, 4.69) is 21.2 Å². The fourth-order valence-electron chi connectivity index (χ4n) is 2.07. The van der Waals surface area contributed by atoms with Crippen molar-refractivity contribution < 1.29 is 14.3 Å². The highest BCUT2D eigenvalue weighted by Crippen LogP contribution is 2.24. The summed E-state index contributed by atoms with van der Waals surface area (Å²) in [5, 5.41) is 2.93. The van der Waals surface area contributed by atoms with Gasteiger partial charge >= 0.3 is 0 Å². The molecular weight excluding hydrogens is 390 g/mol. The van der Waals surface area contributed by atoms with Crippen molar-refractivity contribution in [3.63, 3.8) is 0 Å². The highest BCUT2D eigenvalue weighted by molar-refractivity contribution is 9.10. The zero-order valence-corrected chi connectivity index (χ0v) is 16.1. The van der Waals surface area contributed by atoms with Crippen LogP contribution >= 0.6 is 27.7 Å². The lowest BCUT2D eigenvalue weighted by atomic mass is 10.2. The van der Waals surface area contributed by atoms with Crippen LogP contribution in [0.15, 0.2) is 51.8 Å². The lowest BCUT2D eigenvalue weighted by Crippen LogP contribution is -2.23. The van der Waals surface area contributed by atoms with Gasteiger partial charge in [-0.2, -0.15) is 0 Å². The Balaban J connectivity index is 1.77. The monoisotopic (exact) mass is 409 g/mol. The lowest BCUT2D eigenvalue weighted by Gasteiger charge is -2.11. The number of carbonyl (C=O) groups is 1. The van der Waals surface area contributed by atoms with Gasteiger partial charge in [0.05, 0.1) is 14.2 Å². The summed E-state index contributed by atoms with van der Waals surface area (Å²) < 4.78 is 11.5. The molecule has 2 rings (SSSR count). The van der Waals surface area contributed by atoms with E-state index in [1.165, 1.54) is 0 Å². The van der Waals surface area contributed by atoms with Crippen LogP contribution in [-0.2, 0) is 11.3 Å². The second-order valence-electron chi connectivity index (χ2n) is 5.01. The van der Waals surface area contributed by atoms with E-state index >= 15 is 0 Å². The number of ether oxygens (including phenoxy) is 2. The van der Waals surface area contributed by atoms with Gasteiger partial charge in [0.1, 0.15) is 11.5 Å². The topological polar surface area (TPSA) is 47.6 Å². The van der Waals surface area contributed by atoms with Crippen molar-refractivity contribution in [3.8, 4) is 11.5 Å². The largest absolute Gasteiger partial charge is 0.497 e. The molecule has 4 nitrogen and oxygen atoms in total. The number of hydrogen-bond donors (Lipinski definition) is 1. The average Bonchev–Trinajstić information content (AvgIpc) is 2.61. The molecule has 0 atom stereocenters. The van der Waals surface area contributed by atoms with E-state index in [1.54, 1.807) is 26.0 Å². The molecular formula is C18H20BrNO3S. The van der Waals surface area contributed by atoms with E-state index in [-0.39, 0.29) is 5.91 Å². The highest BCUT2D eigenvalue weighted by atomic mass is 79.9. The standard InChI is InChI=1S/C18H20BrNO3S/c1-22-15-6-3-13(17(11-15)23-2)12-20-18(21)9-10-24-16-7-4-14(19)5-8-16/h3-8,11H,9-10,12H2,1-2H3,(H,20,21). The molecule has 0 fully saturated rings. The Morgan fingerprint density at radius 2 is 1.88 bits per heavy atom. The van der Waals surface area contributed by atoms with Crippen molar-refractivity contribution in [2.24, 2.45) is 0 Å². The number of carbonyl (C=O) groups excluding carboxylic acids is 1. The SMILES string of the molecule is COc1ccc(CNC(=O)CCSc2ccc(Br)cc2)c(OC)c1. The Bertz CT molecular complexity index is 676.